The Balaban J connectivity index is 1.42. The van der Waals surface area contributed by atoms with Crippen molar-refractivity contribution in [3.63, 3.8) is 0 Å². The van der Waals surface area contributed by atoms with E-state index < -0.39 is 0 Å². The predicted molar refractivity (Wildman–Crippen MR) is 121 cm³/mol. The Morgan fingerprint density at radius 3 is 2.70 bits per heavy atom. The molecule has 4 aromatic rings. The Bertz CT molecular complexity index is 1180. The second-order valence-electron chi connectivity index (χ2n) is 7.61. The second kappa shape index (κ2) is 7.85. The highest BCUT2D eigenvalue weighted by Gasteiger charge is 2.31. The Morgan fingerprint density at radius 2 is 1.90 bits per heavy atom. The lowest BCUT2D eigenvalue weighted by atomic mass is 9.98. The number of rotatable bonds is 3. The normalized spacial score (nSPS) is 16.9. The standard InChI is InChI=1S/C23H21ClN4OS/c1-15-20(21(24)28(26-15)17-9-3-2-4-10-17)23(29)27-13-7-8-16(14-27)22-25-18-11-5-6-12-19(18)30-22/h2-6,9-12,16H,7-8,13-14H2,1H3/t16-/m1/s1. The molecule has 1 fully saturated rings. The van der Waals surface area contributed by atoms with Crippen LogP contribution in [0.5, 0.6) is 0 Å². The molecule has 2 aromatic carbocycles. The van der Waals surface area contributed by atoms with Gasteiger partial charge in [-0.25, -0.2) is 9.67 Å². The highest BCUT2D eigenvalue weighted by Crippen LogP contribution is 2.34. The molecule has 5 nitrogen and oxygen atoms in total. The minimum absolute atomic E-state index is 0.0505. The molecular formula is C23H21ClN4OS. The van der Waals surface area contributed by atoms with Crippen LogP contribution in [0.4, 0.5) is 0 Å². The predicted octanol–water partition coefficient (Wildman–Crippen LogP) is 5.46. The van der Waals surface area contributed by atoms with Crippen LogP contribution in [0, 0.1) is 6.92 Å². The number of amides is 1. The topological polar surface area (TPSA) is 51.0 Å². The van der Waals surface area contributed by atoms with E-state index in [0.29, 0.717) is 23.0 Å². The molecular weight excluding hydrogens is 416 g/mol. The number of thiazole rings is 1. The molecule has 152 valence electrons. The molecule has 7 heteroatoms. The van der Waals surface area contributed by atoms with Crippen molar-refractivity contribution in [1.82, 2.24) is 19.7 Å². The van der Waals surface area contributed by atoms with Gasteiger partial charge in [0.1, 0.15) is 5.15 Å². The number of benzene rings is 2. The van der Waals surface area contributed by atoms with Crippen molar-refractivity contribution in [2.45, 2.75) is 25.7 Å². The van der Waals surface area contributed by atoms with Crippen molar-refractivity contribution < 1.29 is 4.79 Å². The van der Waals surface area contributed by atoms with Gasteiger partial charge in [-0.2, -0.15) is 5.10 Å². The van der Waals surface area contributed by atoms with Gasteiger partial charge in [0.25, 0.3) is 5.91 Å². The Hall–Kier alpha value is -2.70. The van der Waals surface area contributed by atoms with Crippen molar-refractivity contribution >= 4 is 39.1 Å². The molecule has 1 saturated heterocycles. The number of piperidine rings is 1. The molecule has 0 N–H and O–H groups in total. The van der Waals surface area contributed by atoms with E-state index >= 15 is 0 Å². The monoisotopic (exact) mass is 436 g/mol. The van der Waals surface area contributed by atoms with E-state index in [2.05, 4.69) is 11.2 Å². The van der Waals surface area contributed by atoms with Gasteiger partial charge in [-0.1, -0.05) is 41.9 Å². The molecule has 0 bridgehead atoms. The summed E-state index contributed by atoms with van der Waals surface area (Å²) in [6, 6.07) is 17.8. The second-order valence-corrected chi connectivity index (χ2v) is 9.03. The lowest BCUT2D eigenvalue weighted by molar-refractivity contribution is 0.0706. The van der Waals surface area contributed by atoms with E-state index in [9.17, 15) is 4.79 Å². The van der Waals surface area contributed by atoms with Crippen LogP contribution in [-0.2, 0) is 0 Å². The van der Waals surface area contributed by atoms with E-state index in [-0.39, 0.29) is 11.8 Å². The number of fused-ring (bicyclic) bond motifs is 1. The van der Waals surface area contributed by atoms with Crippen molar-refractivity contribution in [3.8, 4) is 5.69 Å². The summed E-state index contributed by atoms with van der Waals surface area (Å²) < 4.78 is 2.83. The summed E-state index contributed by atoms with van der Waals surface area (Å²) in [4.78, 5) is 20.1. The fourth-order valence-electron chi connectivity index (χ4n) is 4.07. The van der Waals surface area contributed by atoms with Crippen LogP contribution in [0.25, 0.3) is 15.9 Å². The van der Waals surface area contributed by atoms with E-state index in [0.717, 1.165) is 35.6 Å². The minimum atomic E-state index is -0.0505. The molecule has 0 unspecified atom stereocenters. The molecule has 1 atom stereocenters. The van der Waals surface area contributed by atoms with Crippen LogP contribution in [0.2, 0.25) is 5.15 Å². The summed E-state index contributed by atoms with van der Waals surface area (Å²) in [5.74, 6) is 0.203. The fraction of sp³-hybridized carbons (Fsp3) is 0.261. The van der Waals surface area contributed by atoms with Gasteiger partial charge in [-0.05, 0) is 44.0 Å². The average molecular weight is 437 g/mol. The van der Waals surface area contributed by atoms with Crippen LogP contribution in [0.3, 0.4) is 0 Å². The first kappa shape index (κ1) is 19.3. The van der Waals surface area contributed by atoms with E-state index in [1.807, 2.05) is 60.4 Å². The van der Waals surface area contributed by atoms with Crippen LogP contribution in [0.1, 0.15) is 39.8 Å². The number of carbonyl (C=O) groups excluding carboxylic acids is 1. The summed E-state index contributed by atoms with van der Waals surface area (Å²) in [5, 5.41) is 6.00. The Morgan fingerprint density at radius 1 is 1.13 bits per heavy atom. The Kier molecular flexibility index (Phi) is 5.05. The van der Waals surface area contributed by atoms with Gasteiger partial charge in [-0.15, -0.1) is 11.3 Å². The number of halogens is 1. The summed E-state index contributed by atoms with van der Waals surface area (Å²) >= 11 is 8.36. The van der Waals surface area contributed by atoms with Crippen LogP contribution in [0.15, 0.2) is 54.6 Å². The third-order valence-corrected chi connectivity index (χ3v) is 7.13. The highest BCUT2D eigenvalue weighted by atomic mass is 35.5. The third kappa shape index (κ3) is 3.40. The number of aromatic nitrogens is 3. The number of hydrogen-bond acceptors (Lipinski definition) is 4. The van der Waals surface area contributed by atoms with Crippen molar-refractivity contribution in [1.29, 1.82) is 0 Å². The summed E-state index contributed by atoms with van der Waals surface area (Å²) in [6.07, 6.45) is 2.00. The summed E-state index contributed by atoms with van der Waals surface area (Å²) in [6.45, 7) is 3.23. The molecule has 0 radical (unpaired) electrons. The van der Waals surface area contributed by atoms with Gasteiger partial charge in [0, 0.05) is 19.0 Å². The van der Waals surface area contributed by atoms with Crippen molar-refractivity contribution in [2.75, 3.05) is 13.1 Å². The van der Waals surface area contributed by atoms with Gasteiger partial charge >= 0.3 is 0 Å². The van der Waals surface area contributed by atoms with Crippen molar-refractivity contribution in [3.05, 3.63) is 76.0 Å². The highest BCUT2D eigenvalue weighted by molar-refractivity contribution is 7.18. The lowest BCUT2D eigenvalue weighted by Crippen LogP contribution is -2.39. The van der Waals surface area contributed by atoms with Crippen LogP contribution >= 0.6 is 22.9 Å². The number of aryl methyl sites for hydroxylation is 1. The molecule has 1 amide bonds. The number of carbonyl (C=O) groups is 1. The van der Waals surface area contributed by atoms with Gasteiger partial charge in [-0.3, -0.25) is 4.79 Å². The first-order valence-corrected chi connectivity index (χ1v) is 11.3. The van der Waals surface area contributed by atoms with Gasteiger partial charge in [0.05, 0.1) is 32.2 Å². The quantitative estimate of drug-likeness (QED) is 0.428. The molecule has 5 rings (SSSR count). The number of hydrogen-bond donors (Lipinski definition) is 0. The smallest absolute Gasteiger partial charge is 0.258 e. The molecule has 1 aliphatic heterocycles. The largest absolute Gasteiger partial charge is 0.338 e. The maximum atomic E-state index is 13.4. The summed E-state index contributed by atoms with van der Waals surface area (Å²) in [5.41, 5.74) is 3.01. The van der Waals surface area contributed by atoms with Gasteiger partial charge < -0.3 is 4.90 Å². The zero-order chi connectivity index (χ0) is 20.7. The maximum Gasteiger partial charge on any atom is 0.258 e. The number of likely N-dealkylation sites (tertiary alicyclic amines) is 1. The zero-order valence-electron chi connectivity index (χ0n) is 16.6. The molecule has 30 heavy (non-hydrogen) atoms. The fourth-order valence-corrected chi connectivity index (χ4v) is 5.51. The number of nitrogens with zero attached hydrogens (tertiary/aromatic N) is 4. The third-order valence-electron chi connectivity index (χ3n) is 5.59. The van der Waals surface area contributed by atoms with E-state index in [1.54, 1.807) is 16.0 Å². The van der Waals surface area contributed by atoms with Crippen LogP contribution < -0.4 is 0 Å². The van der Waals surface area contributed by atoms with Crippen molar-refractivity contribution in [2.24, 2.45) is 0 Å². The lowest BCUT2D eigenvalue weighted by Gasteiger charge is -2.31. The van der Waals surface area contributed by atoms with Crippen LogP contribution in [-0.4, -0.2) is 38.7 Å². The molecule has 2 aromatic heterocycles. The van der Waals surface area contributed by atoms with E-state index in [4.69, 9.17) is 16.6 Å². The average Bonchev–Trinajstić information content (AvgIpc) is 3.34. The molecule has 3 heterocycles. The summed E-state index contributed by atoms with van der Waals surface area (Å²) in [7, 11) is 0. The molecule has 0 saturated carbocycles. The number of para-hydroxylation sites is 2. The SMILES string of the molecule is Cc1nn(-c2ccccc2)c(Cl)c1C(=O)N1CCC[C@@H](c2nc3ccccc3s2)C1. The Labute approximate surface area is 183 Å². The molecule has 0 aliphatic carbocycles. The first-order valence-electron chi connectivity index (χ1n) is 10.1. The first-order chi connectivity index (χ1) is 14.6. The van der Waals surface area contributed by atoms with Gasteiger partial charge in [0.15, 0.2) is 0 Å². The zero-order valence-corrected chi connectivity index (χ0v) is 18.2. The molecule has 0 spiro atoms. The maximum absolute atomic E-state index is 13.4. The minimum Gasteiger partial charge on any atom is -0.338 e. The van der Waals surface area contributed by atoms with E-state index in [1.165, 1.54) is 4.70 Å². The van der Waals surface area contributed by atoms with Gasteiger partial charge in [0.2, 0.25) is 0 Å². The molecule has 1 aliphatic rings.